The second kappa shape index (κ2) is 7.01. The highest BCUT2D eigenvalue weighted by Gasteiger charge is 2.35. The van der Waals surface area contributed by atoms with Gasteiger partial charge < -0.3 is 20.1 Å². The lowest BCUT2D eigenvalue weighted by Gasteiger charge is -2.32. The third-order valence-electron chi connectivity index (χ3n) is 3.84. The molecule has 0 saturated carbocycles. The number of hydrogen-bond donors (Lipinski definition) is 1. The molecule has 0 spiro atoms. The van der Waals surface area contributed by atoms with Gasteiger partial charge in [0, 0.05) is 32.2 Å². The molecule has 114 valence electrons. The molecule has 2 rings (SSSR count). The summed E-state index contributed by atoms with van der Waals surface area (Å²) in [4.78, 5) is 27.7. The Hall–Kier alpha value is -1.18. The Morgan fingerprint density at radius 1 is 1.35 bits per heavy atom. The molecule has 2 saturated heterocycles. The number of carbonyl (C=O) groups excluding carboxylic acids is 2. The molecule has 0 aliphatic carbocycles. The number of esters is 1. The fourth-order valence-electron chi connectivity index (χ4n) is 2.71. The number of likely N-dealkylation sites (tertiary alicyclic amines) is 1. The van der Waals surface area contributed by atoms with Gasteiger partial charge in [0.25, 0.3) is 5.91 Å². The summed E-state index contributed by atoms with van der Waals surface area (Å²) in [5.41, 5.74) is 5.65. The number of rotatable bonds is 4. The zero-order valence-corrected chi connectivity index (χ0v) is 11.9. The van der Waals surface area contributed by atoms with E-state index in [9.17, 15) is 9.59 Å². The maximum absolute atomic E-state index is 12.1. The van der Waals surface area contributed by atoms with Gasteiger partial charge in [0.1, 0.15) is 0 Å². The fourth-order valence-corrected chi connectivity index (χ4v) is 2.71. The van der Waals surface area contributed by atoms with Crippen molar-refractivity contribution in [3.05, 3.63) is 0 Å². The van der Waals surface area contributed by atoms with Crippen molar-refractivity contribution in [1.82, 2.24) is 9.80 Å². The second-order valence-corrected chi connectivity index (χ2v) is 5.10. The van der Waals surface area contributed by atoms with Crippen molar-refractivity contribution in [2.45, 2.75) is 25.4 Å². The lowest BCUT2D eigenvalue weighted by molar-refractivity contribution is -0.150. The minimum absolute atomic E-state index is 0.232. The van der Waals surface area contributed by atoms with E-state index in [4.69, 9.17) is 15.2 Å². The number of carbonyl (C=O) groups is 2. The van der Waals surface area contributed by atoms with E-state index < -0.39 is 12.0 Å². The molecule has 2 fully saturated rings. The van der Waals surface area contributed by atoms with Crippen LogP contribution in [0.5, 0.6) is 0 Å². The monoisotopic (exact) mass is 285 g/mol. The normalized spacial score (nSPS) is 25.5. The average Bonchev–Trinajstić information content (AvgIpc) is 2.96. The largest absolute Gasteiger partial charge is 0.464 e. The Morgan fingerprint density at radius 2 is 2.05 bits per heavy atom. The maximum Gasteiger partial charge on any atom is 0.332 e. The van der Waals surface area contributed by atoms with Crippen molar-refractivity contribution < 1.29 is 19.1 Å². The zero-order chi connectivity index (χ0) is 14.5. The van der Waals surface area contributed by atoms with Crippen LogP contribution in [0.15, 0.2) is 0 Å². The van der Waals surface area contributed by atoms with Crippen LogP contribution in [0.25, 0.3) is 0 Å². The van der Waals surface area contributed by atoms with Gasteiger partial charge in [-0.2, -0.15) is 0 Å². The molecule has 1 amide bonds. The maximum atomic E-state index is 12.1. The van der Waals surface area contributed by atoms with Gasteiger partial charge >= 0.3 is 5.97 Å². The Kier molecular flexibility index (Phi) is 5.33. The molecule has 20 heavy (non-hydrogen) atoms. The molecular weight excluding hydrogens is 262 g/mol. The van der Waals surface area contributed by atoms with E-state index in [0.29, 0.717) is 19.1 Å². The van der Waals surface area contributed by atoms with E-state index >= 15 is 0 Å². The summed E-state index contributed by atoms with van der Waals surface area (Å²) < 4.78 is 10.1. The highest BCUT2D eigenvalue weighted by atomic mass is 16.5. The van der Waals surface area contributed by atoms with Gasteiger partial charge in [0.05, 0.1) is 19.8 Å². The molecule has 2 N–H and O–H groups in total. The van der Waals surface area contributed by atoms with Crippen LogP contribution in [0.3, 0.4) is 0 Å². The summed E-state index contributed by atoms with van der Waals surface area (Å²) >= 11 is 0. The van der Waals surface area contributed by atoms with Crippen molar-refractivity contribution in [3.63, 3.8) is 0 Å². The molecule has 0 aromatic rings. The van der Waals surface area contributed by atoms with Crippen molar-refractivity contribution in [1.29, 1.82) is 0 Å². The number of ether oxygens (including phenoxy) is 2. The van der Waals surface area contributed by atoms with Gasteiger partial charge in [-0.05, 0) is 13.3 Å². The number of amides is 1. The van der Waals surface area contributed by atoms with Gasteiger partial charge in [0.15, 0.2) is 6.04 Å². The Balaban J connectivity index is 1.85. The number of hydrogen-bond acceptors (Lipinski definition) is 6. The second-order valence-electron chi connectivity index (χ2n) is 5.10. The highest BCUT2D eigenvalue weighted by molar-refractivity contribution is 6.01. The van der Waals surface area contributed by atoms with E-state index in [-0.39, 0.29) is 12.5 Å². The number of nitrogens with two attached hydrogens (primary N) is 1. The number of nitrogens with zero attached hydrogens (tertiary/aromatic N) is 2. The van der Waals surface area contributed by atoms with Crippen LogP contribution >= 0.6 is 0 Å². The molecule has 0 aromatic heterocycles. The van der Waals surface area contributed by atoms with E-state index in [1.54, 1.807) is 11.8 Å². The lowest BCUT2D eigenvalue weighted by Crippen LogP contribution is -2.50. The molecule has 2 heterocycles. The van der Waals surface area contributed by atoms with Crippen molar-refractivity contribution >= 4 is 11.9 Å². The summed E-state index contributed by atoms with van der Waals surface area (Å²) in [6, 6.07) is -0.851. The van der Waals surface area contributed by atoms with Crippen molar-refractivity contribution in [3.8, 4) is 0 Å². The Morgan fingerprint density at radius 3 is 2.70 bits per heavy atom. The first-order chi connectivity index (χ1) is 9.63. The Labute approximate surface area is 119 Å². The average molecular weight is 285 g/mol. The quantitative estimate of drug-likeness (QED) is 0.516. The van der Waals surface area contributed by atoms with Crippen LogP contribution in [-0.2, 0) is 19.1 Å². The van der Waals surface area contributed by atoms with Crippen LogP contribution in [-0.4, -0.2) is 79.8 Å². The fraction of sp³-hybridized carbons (Fsp3) is 0.846. The van der Waals surface area contributed by atoms with Crippen LogP contribution in [0.2, 0.25) is 0 Å². The first kappa shape index (κ1) is 15.2. The molecule has 0 bridgehead atoms. The predicted octanol–water partition coefficient (Wildman–Crippen LogP) is -1.19. The van der Waals surface area contributed by atoms with Gasteiger partial charge in [0.2, 0.25) is 0 Å². The lowest BCUT2D eigenvalue weighted by atomic mass is 10.2. The van der Waals surface area contributed by atoms with Crippen molar-refractivity contribution in [2.75, 3.05) is 46.0 Å². The first-order valence-corrected chi connectivity index (χ1v) is 7.16. The summed E-state index contributed by atoms with van der Waals surface area (Å²) in [6.07, 6.45) is 0.918. The standard InChI is InChI=1S/C13H23N3O4/c1-2-20-13(18)11(14)12(17)16-4-3-10(9-16)15-5-7-19-8-6-15/h10-11H,2-9,14H2,1H3. The Bertz CT molecular complexity index is 358. The van der Waals surface area contributed by atoms with Gasteiger partial charge in [-0.25, -0.2) is 4.79 Å². The van der Waals surface area contributed by atoms with E-state index in [2.05, 4.69) is 4.90 Å². The molecule has 2 unspecified atom stereocenters. The molecule has 7 nitrogen and oxygen atoms in total. The predicted molar refractivity (Wildman–Crippen MR) is 72.0 cm³/mol. The summed E-state index contributed by atoms with van der Waals surface area (Å²) in [5.74, 6) is -0.980. The third-order valence-corrected chi connectivity index (χ3v) is 3.84. The molecule has 0 aromatic carbocycles. The minimum atomic E-state index is -1.20. The summed E-state index contributed by atoms with van der Waals surface area (Å²) in [5, 5.41) is 0. The van der Waals surface area contributed by atoms with Gasteiger partial charge in [-0.1, -0.05) is 0 Å². The molecule has 7 heteroatoms. The minimum Gasteiger partial charge on any atom is -0.464 e. The van der Waals surface area contributed by atoms with Crippen molar-refractivity contribution in [2.24, 2.45) is 5.73 Å². The zero-order valence-electron chi connectivity index (χ0n) is 11.9. The van der Waals surface area contributed by atoms with Crippen LogP contribution < -0.4 is 5.73 Å². The van der Waals surface area contributed by atoms with E-state index in [1.165, 1.54) is 0 Å². The molecular formula is C13H23N3O4. The summed E-state index contributed by atoms with van der Waals surface area (Å²) in [7, 11) is 0. The van der Waals surface area contributed by atoms with Gasteiger partial charge in [-0.3, -0.25) is 9.69 Å². The molecule has 2 atom stereocenters. The van der Waals surface area contributed by atoms with Crippen LogP contribution in [0, 0.1) is 0 Å². The molecule has 2 aliphatic rings. The van der Waals surface area contributed by atoms with Crippen LogP contribution in [0.1, 0.15) is 13.3 Å². The van der Waals surface area contributed by atoms with E-state index in [0.717, 1.165) is 32.7 Å². The highest BCUT2D eigenvalue weighted by Crippen LogP contribution is 2.17. The van der Waals surface area contributed by atoms with E-state index in [1.807, 2.05) is 0 Å². The third kappa shape index (κ3) is 3.47. The summed E-state index contributed by atoms with van der Waals surface area (Å²) in [6.45, 7) is 6.49. The van der Waals surface area contributed by atoms with Gasteiger partial charge in [-0.15, -0.1) is 0 Å². The smallest absolute Gasteiger partial charge is 0.332 e. The topological polar surface area (TPSA) is 85.1 Å². The molecule has 2 aliphatic heterocycles. The molecule has 0 radical (unpaired) electrons. The SMILES string of the molecule is CCOC(=O)C(N)C(=O)N1CCC(N2CCOCC2)C1. The van der Waals surface area contributed by atoms with Crippen LogP contribution in [0.4, 0.5) is 0 Å². The number of morpholine rings is 1. The first-order valence-electron chi connectivity index (χ1n) is 7.16.